The first-order chi connectivity index (χ1) is 21.6. The van der Waals surface area contributed by atoms with E-state index >= 15 is 0 Å². The molecule has 2 saturated heterocycles. The summed E-state index contributed by atoms with van der Waals surface area (Å²) in [4.78, 5) is 16.9. The molecule has 5 aromatic rings. The van der Waals surface area contributed by atoms with Gasteiger partial charge in [-0.1, -0.05) is 36.8 Å². The number of aromatic nitrogens is 5. The van der Waals surface area contributed by atoms with Crippen LogP contribution in [0.15, 0.2) is 82.9 Å². The number of hydrogen-bond acceptors (Lipinski definition) is 7. The average molecular weight is 627 g/mol. The lowest BCUT2D eigenvalue weighted by Crippen LogP contribution is -2.49. The maximum absolute atomic E-state index is 14.4. The second kappa shape index (κ2) is 11.4. The number of piperidine rings is 1. The average Bonchev–Trinajstić information content (AvgIpc) is 3.58. The number of rotatable bonds is 8. The van der Waals surface area contributed by atoms with Crippen molar-refractivity contribution in [2.75, 3.05) is 26.3 Å². The number of fused-ring (bicyclic) bond motifs is 1. The molecule has 0 amide bonds. The van der Waals surface area contributed by atoms with E-state index in [2.05, 4.69) is 22.0 Å². The molecule has 3 aromatic heterocycles. The minimum absolute atomic E-state index is 0.157. The molecule has 0 radical (unpaired) electrons. The van der Waals surface area contributed by atoms with Crippen LogP contribution in [-0.2, 0) is 40.2 Å². The maximum Gasteiger partial charge on any atom is 0.280 e. The standard InChI is InChI=1S/C34H38N6O4S/c1-24-9-11-30(12-10-24)45(42,43)40-29(20-38-14-5-6-25(2)19-38)16-26-13-15-39(33(41)32(26)40)28-8-4-7-27(17-28)34(21-44-22-34)18-31-36-35-23-37(31)3/h4,7-13,15-17,23,25H,5-6,14,18-22H2,1-3H3/t25-/m0/s1. The molecule has 7 rings (SSSR count). The molecular weight excluding hydrogens is 588 g/mol. The Morgan fingerprint density at radius 1 is 1.07 bits per heavy atom. The highest BCUT2D eigenvalue weighted by Gasteiger charge is 2.42. The molecule has 0 unspecified atom stereocenters. The zero-order chi connectivity index (χ0) is 31.3. The molecule has 0 aliphatic carbocycles. The van der Waals surface area contributed by atoms with Crippen LogP contribution < -0.4 is 5.56 Å². The smallest absolute Gasteiger partial charge is 0.280 e. The molecule has 10 nitrogen and oxygen atoms in total. The number of hydrogen-bond donors (Lipinski definition) is 0. The van der Waals surface area contributed by atoms with Crippen LogP contribution in [0.25, 0.3) is 16.6 Å². The van der Waals surface area contributed by atoms with Gasteiger partial charge in [-0.2, -0.15) is 0 Å². The lowest BCUT2D eigenvalue weighted by Gasteiger charge is -2.41. The molecule has 11 heteroatoms. The van der Waals surface area contributed by atoms with Crippen LogP contribution in [0.3, 0.4) is 0 Å². The number of nitrogens with zero attached hydrogens (tertiary/aromatic N) is 6. The summed E-state index contributed by atoms with van der Waals surface area (Å²) < 4.78 is 39.1. The van der Waals surface area contributed by atoms with Gasteiger partial charge >= 0.3 is 0 Å². The fourth-order valence-corrected chi connectivity index (χ4v) is 8.31. The molecule has 2 aromatic carbocycles. The molecule has 0 spiro atoms. The van der Waals surface area contributed by atoms with Crippen LogP contribution in [-0.4, -0.2) is 62.9 Å². The second-order valence-electron chi connectivity index (χ2n) is 12.9. The lowest BCUT2D eigenvalue weighted by atomic mass is 9.75. The van der Waals surface area contributed by atoms with E-state index in [1.165, 1.54) is 3.97 Å². The molecule has 2 aliphatic rings. The lowest BCUT2D eigenvalue weighted by molar-refractivity contribution is -0.0611. The zero-order valence-electron chi connectivity index (χ0n) is 25.9. The Bertz CT molecular complexity index is 2040. The monoisotopic (exact) mass is 626 g/mol. The minimum Gasteiger partial charge on any atom is -0.379 e. The van der Waals surface area contributed by atoms with Crippen LogP contribution in [0.1, 0.15) is 42.4 Å². The van der Waals surface area contributed by atoms with Crippen LogP contribution >= 0.6 is 0 Å². The van der Waals surface area contributed by atoms with E-state index in [0.717, 1.165) is 42.9 Å². The van der Waals surface area contributed by atoms with Crippen molar-refractivity contribution < 1.29 is 13.2 Å². The zero-order valence-corrected chi connectivity index (χ0v) is 26.7. The number of aryl methyl sites for hydroxylation is 2. The van der Waals surface area contributed by atoms with E-state index in [0.29, 0.717) is 48.9 Å². The Balaban J connectivity index is 1.35. The summed E-state index contributed by atoms with van der Waals surface area (Å²) in [5.41, 5.74) is 2.73. The van der Waals surface area contributed by atoms with Gasteiger partial charge in [0.2, 0.25) is 0 Å². The molecule has 45 heavy (non-hydrogen) atoms. The van der Waals surface area contributed by atoms with Gasteiger partial charge < -0.3 is 9.30 Å². The van der Waals surface area contributed by atoms with E-state index in [9.17, 15) is 13.2 Å². The largest absolute Gasteiger partial charge is 0.379 e. The van der Waals surface area contributed by atoms with Crippen molar-refractivity contribution in [1.29, 1.82) is 0 Å². The van der Waals surface area contributed by atoms with Crippen molar-refractivity contribution in [2.45, 2.75) is 50.0 Å². The quantitative estimate of drug-likeness (QED) is 0.254. The van der Waals surface area contributed by atoms with Crippen LogP contribution in [0.5, 0.6) is 0 Å². The van der Waals surface area contributed by atoms with Crippen molar-refractivity contribution in [3.8, 4) is 5.69 Å². The molecule has 0 N–H and O–H groups in total. The number of benzene rings is 2. The highest BCUT2D eigenvalue weighted by molar-refractivity contribution is 7.90. The van der Waals surface area contributed by atoms with Gasteiger partial charge in [-0.05, 0) is 74.2 Å². The predicted octanol–water partition coefficient (Wildman–Crippen LogP) is 4.21. The normalized spacial score (nSPS) is 18.7. The third kappa shape index (κ3) is 5.32. The summed E-state index contributed by atoms with van der Waals surface area (Å²) >= 11 is 0. The van der Waals surface area contributed by atoms with Crippen molar-refractivity contribution in [3.05, 3.63) is 106 Å². The van der Waals surface area contributed by atoms with E-state index in [1.54, 1.807) is 41.4 Å². The number of likely N-dealkylation sites (tertiary alicyclic amines) is 1. The Morgan fingerprint density at radius 3 is 2.56 bits per heavy atom. The summed E-state index contributed by atoms with van der Waals surface area (Å²) in [6.45, 7) is 7.45. The van der Waals surface area contributed by atoms with Crippen molar-refractivity contribution in [3.63, 3.8) is 0 Å². The van der Waals surface area contributed by atoms with Crippen molar-refractivity contribution >= 4 is 20.9 Å². The first-order valence-corrected chi connectivity index (χ1v) is 16.9. The minimum atomic E-state index is -4.07. The highest BCUT2D eigenvalue weighted by atomic mass is 32.2. The molecule has 0 bridgehead atoms. The third-order valence-electron chi connectivity index (χ3n) is 9.37. The number of ether oxygens (including phenoxy) is 1. The van der Waals surface area contributed by atoms with E-state index in [1.807, 2.05) is 54.9 Å². The van der Waals surface area contributed by atoms with E-state index in [4.69, 9.17) is 4.74 Å². The molecule has 5 heterocycles. The third-order valence-corrected chi connectivity index (χ3v) is 11.1. The van der Waals surface area contributed by atoms with Gasteiger partial charge in [-0.3, -0.25) is 14.3 Å². The maximum atomic E-state index is 14.4. The van der Waals surface area contributed by atoms with Crippen molar-refractivity contribution in [1.82, 2.24) is 28.2 Å². The summed E-state index contributed by atoms with van der Waals surface area (Å²) in [5, 5.41) is 8.92. The molecule has 0 saturated carbocycles. The van der Waals surface area contributed by atoms with Gasteiger partial charge in [0.1, 0.15) is 17.7 Å². The van der Waals surface area contributed by atoms with Crippen LogP contribution in [0, 0.1) is 12.8 Å². The molecule has 234 valence electrons. The van der Waals surface area contributed by atoms with E-state index < -0.39 is 10.0 Å². The van der Waals surface area contributed by atoms with Gasteiger partial charge in [0.25, 0.3) is 15.6 Å². The molecule has 2 aliphatic heterocycles. The Morgan fingerprint density at radius 2 is 1.87 bits per heavy atom. The van der Waals surface area contributed by atoms with Crippen LogP contribution in [0.2, 0.25) is 0 Å². The fraction of sp³-hybridized carbons (Fsp3) is 0.382. The summed E-state index contributed by atoms with van der Waals surface area (Å²) in [5.74, 6) is 1.39. The van der Waals surface area contributed by atoms with Gasteiger partial charge in [-0.25, -0.2) is 12.4 Å². The molecule has 2 fully saturated rings. The summed E-state index contributed by atoms with van der Waals surface area (Å²) in [7, 11) is -2.15. The summed E-state index contributed by atoms with van der Waals surface area (Å²) in [6, 6.07) is 18.4. The Hall–Kier alpha value is -4.06. The predicted molar refractivity (Wildman–Crippen MR) is 172 cm³/mol. The fourth-order valence-electron chi connectivity index (χ4n) is 6.78. The topological polar surface area (TPSA) is 104 Å². The number of pyridine rings is 1. The van der Waals surface area contributed by atoms with Crippen molar-refractivity contribution in [2.24, 2.45) is 13.0 Å². The first-order valence-electron chi connectivity index (χ1n) is 15.5. The first kappa shape index (κ1) is 29.6. The molecule has 1 atom stereocenters. The van der Waals surface area contributed by atoms with Gasteiger partial charge in [-0.15, -0.1) is 10.2 Å². The summed E-state index contributed by atoms with van der Waals surface area (Å²) in [6.07, 6.45) is 6.31. The second-order valence-corrected chi connectivity index (χ2v) is 14.6. The highest BCUT2D eigenvalue weighted by Crippen LogP contribution is 2.36. The van der Waals surface area contributed by atoms with E-state index in [-0.39, 0.29) is 21.4 Å². The van der Waals surface area contributed by atoms with Gasteiger partial charge in [0.05, 0.1) is 18.1 Å². The van der Waals surface area contributed by atoms with Gasteiger partial charge in [0.15, 0.2) is 0 Å². The van der Waals surface area contributed by atoms with Gasteiger partial charge in [0, 0.05) is 54.9 Å². The molecular formula is C34H38N6O4S. The Kier molecular flexibility index (Phi) is 7.50. The Labute approximate surface area is 262 Å². The SMILES string of the molecule is Cc1ccc(S(=O)(=O)n2c(CN3CCC[C@H](C)C3)cc3ccn(-c4cccc(C5(Cc6nncn6C)COC5)c4)c(=O)c32)cc1. The van der Waals surface area contributed by atoms with Crippen LogP contribution in [0.4, 0.5) is 0 Å².